The fourth-order valence-electron chi connectivity index (χ4n) is 2.32. The summed E-state index contributed by atoms with van der Waals surface area (Å²) >= 11 is 4.70. The topological polar surface area (TPSA) is 18.5 Å². The first-order valence-corrected chi connectivity index (χ1v) is 8.33. The van der Waals surface area contributed by atoms with Crippen LogP contribution in [0.4, 0.5) is 0 Å². The molecule has 4 heteroatoms. The van der Waals surface area contributed by atoms with Gasteiger partial charge in [-0.25, -0.2) is 0 Å². The summed E-state index contributed by atoms with van der Waals surface area (Å²) in [5.41, 5.74) is 4.47. The Bertz CT molecular complexity index is 594. The molecule has 0 aromatic heterocycles. The molecule has 2 aromatic carbocycles. The van der Waals surface area contributed by atoms with Gasteiger partial charge < -0.3 is 9.47 Å². The normalized spacial score (nSPS) is 10.5. The maximum absolute atomic E-state index is 5.64. The van der Waals surface area contributed by atoms with Crippen LogP contribution in [-0.4, -0.2) is 14.2 Å². The molecule has 0 heterocycles. The van der Waals surface area contributed by atoms with Crippen molar-refractivity contribution in [3.05, 3.63) is 42.5 Å². The zero-order valence-electron chi connectivity index (χ0n) is 11.9. The summed E-state index contributed by atoms with van der Waals surface area (Å²) in [5, 5.41) is 0. The van der Waals surface area contributed by atoms with Crippen LogP contribution in [0.25, 0.3) is 11.1 Å². The molecular weight excluding hydrogens is 478 g/mol. The molecule has 106 valence electrons. The predicted molar refractivity (Wildman–Crippen MR) is 99.9 cm³/mol. The molecule has 0 unspecified atom stereocenters. The van der Waals surface area contributed by atoms with Crippen LogP contribution in [0.5, 0.6) is 11.5 Å². The van der Waals surface area contributed by atoms with Crippen LogP contribution < -0.4 is 9.47 Å². The lowest BCUT2D eigenvalue weighted by atomic mass is 9.99. The van der Waals surface area contributed by atoms with Gasteiger partial charge in [-0.3, -0.25) is 0 Å². The second-order valence-electron chi connectivity index (χ2n) is 4.55. The van der Waals surface area contributed by atoms with E-state index in [1.807, 2.05) is 0 Å². The van der Waals surface area contributed by atoms with Crippen molar-refractivity contribution in [2.75, 3.05) is 14.2 Å². The van der Waals surface area contributed by atoms with Gasteiger partial charge in [0.1, 0.15) is 11.5 Å². The maximum atomic E-state index is 5.64. The lowest BCUT2D eigenvalue weighted by Crippen LogP contribution is -1.99. The molecule has 0 aliphatic heterocycles. The molecule has 2 aromatic rings. The SMILES string of the molecule is COc1c(C)ccc(I)c1-c1c(I)ccc(C)c1OC. The van der Waals surface area contributed by atoms with Crippen molar-refractivity contribution in [3.63, 3.8) is 0 Å². The van der Waals surface area contributed by atoms with Crippen molar-refractivity contribution >= 4 is 45.2 Å². The Labute approximate surface area is 147 Å². The number of benzene rings is 2. The van der Waals surface area contributed by atoms with Crippen LogP contribution >= 0.6 is 45.2 Å². The monoisotopic (exact) mass is 494 g/mol. The second kappa shape index (κ2) is 6.51. The Kier molecular flexibility index (Phi) is 5.17. The molecule has 0 N–H and O–H groups in total. The summed E-state index contributed by atoms with van der Waals surface area (Å²) < 4.78 is 13.6. The molecule has 2 rings (SSSR count). The first kappa shape index (κ1) is 15.9. The molecule has 0 aliphatic rings. The van der Waals surface area contributed by atoms with E-state index < -0.39 is 0 Å². The molecule has 0 bridgehead atoms. The van der Waals surface area contributed by atoms with E-state index in [1.165, 1.54) is 0 Å². The average molecular weight is 494 g/mol. The highest BCUT2D eigenvalue weighted by Gasteiger charge is 2.20. The fourth-order valence-corrected chi connectivity index (χ4v) is 3.71. The van der Waals surface area contributed by atoms with Crippen molar-refractivity contribution in [2.45, 2.75) is 13.8 Å². The molecule has 20 heavy (non-hydrogen) atoms. The first-order valence-electron chi connectivity index (χ1n) is 6.17. The highest BCUT2D eigenvalue weighted by Crippen LogP contribution is 2.44. The molecule has 0 saturated heterocycles. The van der Waals surface area contributed by atoms with Gasteiger partial charge in [-0.15, -0.1) is 0 Å². The smallest absolute Gasteiger partial charge is 0.130 e. The molecule has 2 nitrogen and oxygen atoms in total. The van der Waals surface area contributed by atoms with E-state index in [2.05, 4.69) is 83.3 Å². The minimum atomic E-state index is 0.915. The highest BCUT2D eigenvalue weighted by molar-refractivity contribution is 14.1. The molecule has 0 aliphatic carbocycles. The summed E-state index contributed by atoms with van der Waals surface area (Å²) in [6, 6.07) is 8.40. The van der Waals surface area contributed by atoms with E-state index >= 15 is 0 Å². The van der Waals surface area contributed by atoms with E-state index in [1.54, 1.807) is 14.2 Å². The zero-order valence-corrected chi connectivity index (χ0v) is 16.2. The van der Waals surface area contributed by atoms with Crippen LogP contribution in [-0.2, 0) is 0 Å². The Morgan fingerprint density at radius 1 is 0.700 bits per heavy atom. The Morgan fingerprint density at radius 2 is 1.05 bits per heavy atom. The summed E-state index contributed by atoms with van der Waals surface area (Å²) in [6.07, 6.45) is 0. The van der Waals surface area contributed by atoms with Crippen LogP contribution in [0, 0.1) is 21.0 Å². The van der Waals surface area contributed by atoms with E-state index in [9.17, 15) is 0 Å². The van der Waals surface area contributed by atoms with Gasteiger partial charge in [0, 0.05) is 18.3 Å². The molecular formula is C16H16I2O2. The lowest BCUT2D eigenvalue weighted by molar-refractivity contribution is 0.406. The van der Waals surface area contributed by atoms with Gasteiger partial charge in [0.2, 0.25) is 0 Å². The third-order valence-electron chi connectivity index (χ3n) is 3.27. The van der Waals surface area contributed by atoms with Crippen molar-refractivity contribution in [2.24, 2.45) is 0 Å². The van der Waals surface area contributed by atoms with Gasteiger partial charge in [-0.2, -0.15) is 0 Å². The summed E-state index contributed by atoms with van der Waals surface area (Å²) in [6.45, 7) is 4.13. The van der Waals surface area contributed by atoms with Crippen LogP contribution in [0.2, 0.25) is 0 Å². The van der Waals surface area contributed by atoms with E-state index in [4.69, 9.17) is 9.47 Å². The Balaban J connectivity index is 2.88. The average Bonchev–Trinajstić information content (AvgIpc) is 2.43. The number of aryl methyl sites for hydroxylation is 2. The van der Waals surface area contributed by atoms with Gasteiger partial charge in [-0.05, 0) is 82.3 Å². The summed E-state index contributed by atoms with van der Waals surface area (Å²) in [4.78, 5) is 0. The van der Waals surface area contributed by atoms with Gasteiger partial charge in [0.25, 0.3) is 0 Å². The van der Waals surface area contributed by atoms with Crippen molar-refractivity contribution < 1.29 is 9.47 Å². The van der Waals surface area contributed by atoms with Gasteiger partial charge in [0.05, 0.1) is 14.2 Å². The molecule has 0 amide bonds. The van der Waals surface area contributed by atoms with Crippen molar-refractivity contribution in [3.8, 4) is 22.6 Å². The fraction of sp³-hybridized carbons (Fsp3) is 0.250. The van der Waals surface area contributed by atoms with Crippen LogP contribution in [0.1, 0.15) is 11.1 Å². The maximum Gasteiger partial charge on any atom is 0.130 e. The number of halogens is 2. The standard InChI is InChI=1S/C16H16I2O2/c1-9-5-7-11(17)13(15(9)19-3)14-12(18)8-6-10(2)16(14)20-4/h5-8H,1-4H3. The molecule has 0 spiro atoms. The van der Waals surface area contributed by atoms with E-state index in [0.29, 0.717) is 0 Å². The number of hydrogen-bond acceptors (Lipinski definition) is 2. The second-order valence-corrected chi connectivity index (χ2v) is 6.87. The minimum Gasteiger partial charge on any atom is -0.496 e. The van der Waals surface area contributed by atoms with Crippen molar-refractivity contribution in [1.82, 2.24) is 0 Å². The largest absolute Gasteiger partial charge is 0.496 e. The molecule has 0 radical (unpaired) electrons. The highest BCUT2D eigenvalue weighted by atomic mass is 127. The predicted octanol–water partition coefficient (Wildman–Crippen LogP) is 5.20. The number of rotatable bonds is 3. The van der Waals surface area contributed by atoms with Gasteiger partial charge in [-0.1, -0.05) is 12.1 Å². The molecule has 0 saturated carbocycles. The van der Waals surface area contributed by atoms with E-state index in [0.717, 1.165) is 40.9 Å². The third-order valence-corrected chi connectivity index (χ3v) is 5.06. The lowest BCUT2D eigenvalue weighted by Gasteiger charge is -2.19. The minimum absolute atomic E-state index is 0.915. The third kappa shape index (κ3) is 2.77. The number of hydrogen-bond donors (Lipinski definition) is 0. The quantitative estimate of drug-likeness (QED) is 0.547. The van der Waals surface area contributed by atoms with Gasteiger partial charge >= 0.3 is 0 Å². The Hall–Kier alpha value is -0.500. The van der Waals surface area contributed by atoms with E-state index in [-0.39, 0.29) is 0 Å². The number of ether oxygens (including phenoxy) is 2. The summed E-state index contributed by atoms with van der Waals surface area (Å²) in [7, 11) is 3.44. The van der Waals surface area contributed by atoms with Crippen molar-refractivity contribution in [1.29, 1.82) is 0 Å². The van der Waals surface area contributed by atoms with Crippen LogP contribution in [0.3, 0.4) is 0 Å². The molecule has 0 fully saturated rings. The first-order chi connectivity index (χ1) is 9.51. The molecule has 0 atom stereocenters. The van der Waals surface area contributed by atoms with Crippen LogP contribution in [0.15, 0.2) is 24.3 Å². The zero-order chi connectivity index (χ0) is 14.9. The number of methoxy groups -OCH3 is 2. The Morgan fingerprint density at radius 3 is 1.35 bits per heavy atom. The summed E-state index contributed by atoms with van der Waals surface area (Å²) in [5.74, 6) is 1.83. The van der Waals surface area contributed by atoms with Gasteiger partial charge in [0.15, 0.2) is 0 Å².